The van der Waals surface area contributed by atoms with Gasteiger partial charge in [-0.2, -0.15) is 0 Å². The summed E-state index contributed by atoms with van der Waals surface area (Å²) < 4.78 is 0. The molecule has 0 spiro atoms. The van der Waals surface area contributed by atoms with Gasteiger partial charge in [-0.05, 0) is 56.3 Å². The van der Waals surface area contributed by atoms with Gasteiger partial charge in [-0.25, -0.2) is 0 Å². The molecule has 112 valence electrons. The van der Waals surface area contributed by atoms with E-state index < -0.39 is 0 Å². The van der Waals surface area contributed by atoms with Crippen LogP contribution in [0.2, 0.25) is 0 Å². The highest BCUT2D eigenvalue weighted by atomic mass is 32.2. The Morgan fingerprint density at radius 2 is 2.05 bits per heavy atom. The number of nitrogens with one attached hydrogen (secondary N) is 2. The summed E-state index contributed by atoms with van der Waals surface area (Å²) in [5.74, 6) is 0.580. The first kappa shape index (κ1) is 17.1. The van der Waals surface area contributed by atoms with Gasteiger partial charge < -0.3 is 10.6 Å². The number of amides is 1. The van der Waals surface area contributed by atoms with Crippen LogP contribution in [0.5, 0.6) is 0 Å². The Morgan fingerprint density at radius 1 is 1.35 bits per heavy atom. The molecule has 0 heterocycles. The average Bonchev–Trinajstić information content (AvgIpc) is 2.38. The zero-order valence-electron chi connectivity index (χ0n) is 13.1. The summed E-state index contributed by atoms with van der Waals surface area (Å²) in [5.41, 5.74) is 1.89. The number of carbonyl (C=O) groups is 1. The standard InChI is InChI=1S/C16H26N2OS/c1-11(2)8-14(10-17-4)18-16(19)13-6-7-15(20-5)12(3)9-13/h6-7,9,11,14,17H,8,10H2,1-5H3,(H,18,19)/t14-/m1/s1. The van der Waals surface area contributed by atoms with Crippen LogP contribution in [-0.4, -0.2) is 31.8 Å². The highest BCUT2D eigenvalue weighted by Gasteiger charge is 2.15. The minimum Gasteiger partial charge on any atom is -0.348 e. The van der Waals surface area contributed by atoms with Crippen LogP contribution in [0, 0.1) is 12.8 Å². The molecule has 1 atom stereocenters. The lowest BCUT2D eigenvalue weighted by Gasteiger charge is -2.20. The maximum atomic E-state index is 12.3. The molecule has 0 aliphatic heterocycles. The van der Waals surface area contributed by atoms with E-state index in [-0.39, 0.29) is 11.9 Å². The Labute approximate surface area is 126 Å². The maximum Gasteiger partial charge on any atom is 0.251 e. The second-order valence-corrected chi connectivity index (χ2v) is 6.39. The predicted octanol–water partition coefficient (Wildman–Crippen LogP) is 3.08. The van der Waals surface area contributed by atoms with Crippen molar-refractivity contribution in [3.05, 3.63) is 29.3 Å². The van der Waals surface area contributed by atoms with Crippen molar-refractivity contribution >= 4 is 17.7 Å². The monoisotopic (exact) mass is 294 g/mol. The number of carbonyl (C=O) groups excluding carboxylic acids is 1. The summed E-state index contributed by atoms with van der Waals surface area (Å²) in [4.78, 5) is 13.5. The van der Waals surface area contributed by atoms with Gasteiger partial charge in [0.25, 0.3) is 5.91 Å². The van der Waals surface area contributed by atoms with E-state index in [2.05, 4.69) is 24.5 Å². The van der Waals surface area contributed by atoms with Gasteiger partial charge in [-0.1, -0.05) is 13.8 Å². The summed E-state index contributed by atoms with van der Waals surface area (Å²) in [5, 5.41) is 6.26. The fourth-order valence-corrected chi connectivity index (χ4v) is 2.88. The zero-order valence-corrected chi connectivity index (χ0v) is 13.9. The van der Waals surface area contributed by atoms with Gasteiger partial charge in [0.1, 0.15) is 0 Å². The van der Waals surface area contributed by atoms with Crippen LogP contribution in [0.3, 0.4) is 0 Å². The first-order chi connectivity index (χ1) is 9.47. The van der Waals surface area contributed by atoms with Crippen molar-refractivity contribution in [3.8, 4) is 0 Å². The first-order valence-electron chi connectivity index (χ1n) is 7.08. The van der Waals surface area contributed by atoms with Gasteiger partial charge >= 0.3 is 0 Å². The van der Waals surface area contributed by atoms with Crippen molar-refractivity contribution < 1.29 is 4.79 Å². The molecule has 20 heavy (non-hydrogen) atoms. The van der Waals surface area contributed by atoms with Gasteiger partial charge in [-0.15, -0.1) is 11.8 Å². The molecule has 0 unspecified atom stereocenters. The lowest BCUT2D eigenvalue weighted by atomic mass is 10.0. The third-order valence-corrected chi connectivity index (χ3v) is 4.10. The molecule has 0 saturated heterocycles. The summed E-state index contributed by atoms with van der Waals surface area (Å²) in [6.45, 7) is 7.19. The van der Waals surface area contributed by atoms with Crippen LogP contribution < -0.4 is 10.6 Å². The van der Waals surface area contributed by atoms with E-state index in [0.29, 0.717) is 5.92 Å². The molecule has 0 radical (unpaired) electrons. The number of thioether (sulfide) groups is 1. The van der Waals surface area contributed by atoms with Crippen LogP contribution in [0.4, 0.5) is 0 Å². The number of benzene rings is 1. The van der Waals surface area contributed by atoms with Crippen LogP contribution in [-0.2, 0) is 0 Å². The van der Waals surface area contributed by atoms with E-state index in [1.165, 1.54) is 4.90 Å². The Balaban J connectivity index is 2.75. The Hall–Kier alpha value is -1.00. The van der Waals surface area contributed by atoms with Crippen molar-refractivity contribution in [2.75, 3.05) is 19.8 Å². The fourth-order valence-electron chi connectivity index (χ4n) is 2.30. The van der Waals surface area contributed by atoms with E-state index in [9.17, 15) is 4.79 Å². The fraction of sp³-hybridized carbons (Fsp3) is 0.562. The smallest absolute Gasteiger partial charge is 0.251 e. The molecule has 1 amide bonds. The average molecular weight is 294 g/mol. The largest absolute Gasteiger partial charge is 0.348 e. The lowest BCUT2D eigenvalue weighted by Crippen LogP contribution is -2.42. The summed E-state index contributed by atoms with van der Waals surface area (Å²) in [6, 6.07) is 6.06. The van der Waals surface area contributed by atoms with E-state index in [1.807, 2.05) is 38.4 Å². The van der Waals surface area contributed by atoms with Gasteiger partial charge in [0, 0.05) is 23.0 Å². The molecule has 0 fully saturated rings. The summed E-state index contributed by atoms with van der Waals surface area (Å²) in [6.07, 6.45) is 3.03. The molecule has 1 rings (SSSR count). The summed E-state index contributed by atoms with van der Waals surface area (Å²) in [7, 11) is 1.91. The Morgan fingerprint density at radius 3 is 2.55 bits per heavy atom. The highest BCUT2D eigenvalue weighted by molar-refractivity contribution is 7.98. The predicted molar refractivity (Wildman–Crippen MR) is 87.6 cm³/mol. The third-order valence-electron chi connectivity index (χ3n) is 3.20. The van der Waals surface area contributed by atoms with Crippen molar-refractivity contribution in [1.29, 1.82) is 0 Å². The number of hydrogen-bond acceptors (Lipinski definition) is 3. The Kier molecular flexibility index (Phi) is 7.10. The van der Waals surface area contributed by atoms with E-state index in [0.717, 1.165) is 24.1 Å². The molecular formula is C16H26N2OS. The molecule has 0 aromatic heterocycles. The minimum atomic E-state index is 0.0154. The molecule has 0 bridgehead atoms. The number of aryl methyl sites for hydroxylation is 1. The number of hydrogen-bond donors (Lipinski definition) is 2. The third kappa shape index (κ3) is 5.17. The molecule has 3 nitrogen and oxygen atoms in total. The quantitative estimate of drug-likeness (QED) is 0.759. The van der Waals surface area contributed by atoms with Crippen LogP contribution >= 0.6 is 11.8 Å². The van der Waals surface area contributed by atoms with Crippen molar-refractivity contribution in [2.45, 2.75) is 38.1 Å². The van der Waals surface area contributed by atoms with E-state index in [1.54, 1.807) is 11.8 Å². The van der Waals surface area contributed by atoms with Crippen LogP contribution in [0.25, 0.3) is 0 Å². The van der Waals surface area contributed by atoms with Crippen molar-refractivity contribution in [1.82, 2.24) is 10.6 Å². The summed E-state index contributed by atoms with van der Waals surface area (Å²) >= 11 is 1.70. The topological polar surface area (TPSA) is 41.1 Å². The second kappa shape index (κ2) is 8.32. The number of likely N-dealkylation sites (N-methyl/N-ethyl adjacent to an activating group) is 1. The van der Waals surface area contributed by atoms with Crippen LogP contribution in [0.15, 0.2) is 23.1 Å². The SMILES string of the molecule is CNC[C@@H](CC(C)C)NC(=O)c1ccc(SC)c(C)c1. The minimum absolute atomic E-state index is 0.0154. The van der Waals surface area contributed by atoms with Gasteiger partial charge in [0.05, 0.1) is 0 Å². The van der Waals surface area contributed by atoms with Gasteiger partial charge in [-0.3, -0.25) is 4.79 Å². The normalized spacial score (nSPS) is 12.5. The molecule has 2 N–H and O–H groups in total. The molecule has 0 saturated carbocycles. The Bertz CT molecular complexity index is 446. The molecule has 1 aromatic rings. The second-order valence-electron chi connectivity index (χ2n) is 5.54. The van der Waals surface area contributed by atoms with Gasteiger partial charge in [0.15, 0.2) is 0 Å². The molecule has 1 aromatic carbocycles. The highest BCUT2D eigenvalue weighted by Crippen LogP contribution is 2.20. The van der Waals surface area contributed by atoms with Crippen molar-refractivity contribution in [2.24, 2.45) is 5.92 Å². The molecule has 4 heteroatoms. The molecule has 0 aliphatic carbocycles. The molecule has 0 aliphatic rings. The van der Waals surface area contributed by atoms with Crippen molar-refractivity contribution in [3.63, 3.8) is 0 Å². The number of rotatable bonds is 7. The molecular weight excluding hydrogens is 268 g/mol. The van der Waals surface area contributed by atoms with Crippen LogP contribution in [0.1, 0.15) is 36.2 Å². The van der Waals surface area contributed by atoms with E-state index in [4.69, 9.17) is 0 Å². The van der Waals surface area contributed by atoms with E-state index >= 15 is 0 Å². The first-order valence-corrected chi connectivity index (χ1v) is 8.30. The maximum absolute atomic E-state index is 12.3. The lowest BCUT2D eigenvalue weighted by molar-refractivity contribution is 0.0932. The zero-order chi connectivity index (χ0) is 15.1. The van der Waals surface area contributed by atoms with Gasteiger partial charge in [0.2, 0.25) is 0 Å².